The van der Waals surface area contributed by atoms with Crippen LogP contribution >= 0.6 is 37.2 Å². The third kappa shape index (κ3) is 9.80. The number of carbonyl (C=O) groups excluding carboxylic acids is 1. The van der Waals surface area contributed by atoms with E-state index in [0.717, 1.165) is 6.20 Å². The van der Waals surface area contributed by atoms with Crippen molar-refractivity contribution >= 4 is 48.8 Å². The van der Waals surface area contributed by atoms with Crippen molar-refractivity contribution < 1.29 is 50.2 Å². The van der Waals surface area contributed by atoms with Crippen LogP contribution < -0.4 is 22.7 Å². The molecule has 13 heteroatoms. The Morgan fingerprint density at radius 2 is 1.80 bits per heavy atom. The van der Waals surface area contributed by atoms with Gasteiger partial charge in [-0.25, -0.2) is 4.79 Å². The molecular formula is C17H15F3I3N2O5-. The Morgan fingerprint density at radius 3 is 2.40 bits per heavy atom. The van der Waals surface area contributed by atoms with E-state index in [1.165, 1.54) is 32.7 Å². The monoisotopic (exact) mass is 765 g/mol. The average molecular weight is 765 g/mol. The third-order valence-corrected chi connectivity index (χ3v) is 3.01. The molecule has 0 unspecified atom stereocenters. The van der Waals surface area contributed by atoms with Gasteiger partial charge in [-0.05, 0) is 6.07 Å². The van der Waals surface area contributed by atoms with Gasteiger partial charge in [-0.1, -0.05) is 18.2 Å². The average Bonchev–Trinajstić information content (AvgIpc) is 2.71. The molecule has 2 rings (SSSR count). The standard InChI is InChI=1S/C17H15F3N2O5.I3/c1-24-9-12(16(23)25-2)11-5-3-4-6-13(11)27-15-8-21-7-14(22-15)26-10-17(18,19)20;1-3-2/h3-9H,10H2,1-2H3;/q;-1/b12-9+;. The van der Waals surface area contributed by atoms with Crippen LogP contribution in [0.15, 0.2) is 42.9 Å². The number of esters is 1. The van der Waals surface area contributed by atoms with E-state index < -0.39 is 18.8 Å². The second-order valence-electron chi connectivity index (χ2n) is 5.01. The number of rotatable bonds is 7. The Kier molecular flexibility index (Phi) is 12.6. The van der Waals surface area contributed by atoms with Crippen molar-refractivity contribution in [2.45, 2.75) is 6.18 Å². The van der Waals surface area contributed by atoms with E-state index in [-0.39, 0.29) is 23.1 Å². The van der Waals surface area contributed by atoms with Crippen molar-refractivity contribution in [3.05, 3.63) is 48.5 Å². The molecule has 7 nitrogen and oxygen atoms in total. The van der Waals surface area contributed by atoms with E-state index in [1.54, 1.807) is 18.2 Å². The van der Waals surface area contributed by atoms with Crippen LogP contribution in [0, 0.1) is 0 Å². The first-order valence-corrected chi connectivity index (χ1v) is 20.3. The molecule has 0 spiro atoms. The van der Waals surface area contributed by atoms with E-state index >= 15 is 0 Å². The van der Waals surface area contributed by atoms with Crippen molar-refractivity contribution in [3.63, 3.8) is 0 Å². The number of methoxy groups -OCH3 is 2. The molecule has 0 atom stereocenters. The number of benzene rings is 1. The number of hydrogen-bond donors (Lipinski definition) is 0. The topological polar surface area (TPSA) is 79.8 Å². The summed E-state index contributed by atoms with van der Waals surface area (Å²) in [5.74, 6) is -0.957. The maximum atomic E-state index is 12.2. The zero-order chi connectivity index (χ0) is 22.6. The van der Waals surface area contributed by atoms with Crippen LogP contribution in [0.3, 0.4) is 0 Å². The number of para-hydroxylation sites is 1. The molecular weight excluding hydrogens is 750 g/mol. The molecule has 0 fully saturated rings. The molecule has 0 saturated carbocycles. The molecule has 1 heterocycles. The molecule has 0 aliphatic heterocycles. The van der Waals surface area contributed by atoms with Gasteiger partial charge in [0.2, 0.25) is 11.8 Å². The van der Waals surface area contributed by atoms with Gasteiger partial charge in [-0.2, -0.15) is 18.2 Å². The van der Waals surface area contributed by atoms with Crippen LogP contribution in [0.25, 0.3) is 5.57 Å². The Hall–Kier alpha value is -1.11. The van der Waals surface area contributed by atoms with Gasteiger partial charge in [0.05, 0.1) is 32.9 Å². The first-order valence-electron chi connectivity index (χ1n) is 7.72. The molecule has 0 bridgehead atoms. The number of halogens is 6. The van der Waals surface area contributed by atoms with E-state index in [9.17, 15) is 18.0 Å². The van der Waals surface area contributed by atoms with Gasteiger partial charge in [0, 0.05) is 5.56 Å². The molecule has 30 heavy (non-hydrogen) atoms. The molecule has 0 aliphatic carbocycles. The van der Waals surface area contributed by atoms with E-state index in [4.69, 9.17) is 14.2 Å². The molecule has 0 N–H and O–H groups in total. The van der Waals surface area contributed by atoms with Gasteiger partial charge < -0.3 is 18.9 Å². The molecule has 0 radical (unpaired) electrons. The summed E-state index contributed by atoms with van der Waals surface area (Å²) in [6, 6.07) is 6.41. The fourth-order valence-electron chi connectivity index (χ4n) is 1.95. The summed E-state index contributed by atoms with van der Waals surface area (Å²) < 4.78 is 56.4. The number of nitrogens with zero attached hydrogens (tertiary/aromatic N) is 2. The van der Waals surface area contributed by atoms with Gasteiger partial charge in [0.1, 0.15) is 11.3 Å². The van der Waals surface area contributed by atoms with Crippen molar-refractivity contribution in [1.29, 1.82) is 0 Å². The molecule has 0 aliphatic rings. The molecule has 0 amide bonds. The first kappa shape index (κ1) is 26.9. The third-order valence-electron chi connectivity index (χ3n) is 3.01. The Labute approximate surface area is 200 Å². The van der Waals surface area contributed by atoms with Crippen LogP contribution in [0.2, 0.25) is 0 Å². The number of alkyl halides is 3. The van der Waals surface area contributed by atoms with Crippen molar-refractivity contribution in [3.8, 4) is 17.5 Å². The molecule has 0 saturated heterocycles. The second kappa shape index (κ2) is 14.0. The van der Waals surface area contributed by atoms with Crippen molar-refractivity contribution in [2.75, 3.05) is 20.8 Å². The molecule has 166 valence electrons. The summed E-state index contributed by atoms with van der Waals surface area (Å²) in [6.07, 6.45) is -1.11. The minimum atomic E-state index is -4.51. The second-order valence-corrected chi connectivity index (χ2v) is 21.3. The quantitative estimate of drug-likeness (QED) is 0.185. The Morgan fingerprint density at radius 1 is 1.17 bits per heavy atom. The maximum absolute atomic E-state index is 12.2. The zero-order valence-corrected chi connectivity index (χ0v) is 21.9. The van der Waals surface area contributed by atoms with Gasteiger partial charge in [0.25, 0.3) is 0 Å². The predicted molar refractivity (Wildman–Crippen MR) is 115 cm³/mol. The number of ether oxygens (including phenoxy) is 4. The zero-order valence-electron chi connectivity index (χ0n) is 15.5. The van der Waals surface area contributed by atoms with Crippen LogP contribution in [-0.2, 0) is 14.3 Å². The van der Waals surface area contributed by atoms with Crippen LogP contribution in [0.4, 0.5) is 13.2 Å². The van der Waals surface area contributed by atoms with Crippen molar-refractivity contribution in [1.82, 2.24) is 9.97 Å². The summed E-state index contributed by atoms with van der Waals surface area (Å²) >= 11 is 5.30. The SMILES string of the molecule is CO/C=C(/C(=O)OC)c1ccccc1Oc1cncc(OCC(F)(F)F)n1.I[I-]I. The normalized spacial score (nSPS) is 11.2. The fourth-order valence-corrected chi connectivity index (χ4v) is 1.95. The van der Waals surface area contributed by atoms with Crippen LogP contribution in [0.5, 0.6) is 17.5 Å². The van der Waals surface area contributed by atoms with E-state index in [2.05, 4.69) is 51.9 Å². The first-order chi connectivity index (χ1) is 14.3. The number of carbonyl (C=O) groups is 1. The summed E-state index contributed by atoms with van der Waals surface area (Å²) in [4.78, 5) is 19.5. The van der Waals surface area contributed by atoms with Crippen LogP contribution in [0.1, 0.15) is 5.56 Å². The van der Waals surface area contributed by atoms with Crippen molar-refractivity contribution in [2.24, 2.45) is 0 Å². The Bertz CT molecular complexity index is 853. The Balaban J connectivity index is 0.00000141. The molecule has 2 aromatic rings. The summed E-state index contributed by atoms with van der Waals surface area (Å²) in [6.45, 7) is -1.51. The van der Waals surface area contributed by atoms with Crippen LogP contribution in [-0.4, -0.2) is 42.9 Å². The van der Waals surface area contributed by atoms with Gasteiger partial charge in [0.15, 0.2) is 6.61 Å². The molecule has 1 aromatic carbocycles. The van der Waals surface area contributed by atoms with Gasteiger partial charge >= 0.3 is 62.6 Å². The number of hydrogen-bond acceptors (Lipinski definition) is 7. The minimum absolute atomic E-state index is 0.0769. The molecule has 1 aromatic heterocycles. The van der Waals surface area contributed by atoms with E-state index in [1.807, 2.05) is 0 Å². The summed E-state index contributed by atoms with van der Waals surface area (Å²) in [5.41, 5.74) is 0.405. The fraction of sp³-hybridized carbons (Fsp3) is 0.235. The summed E-state index contributed by atoms with van der Waals surface area (Å²) in [5, 5.41) is 0. The van der Waals surface area contributed by atoms with Gasteiger partial charge in [-0.3, -0.25) is 4.98 Å². The predicted octanol–water partition coefficient (Wildman–Crippen LogP) is 2.15. The van der Waals surface area contributed by atoms with E-state index in [0.29, 0.717) is 18.8 Å². The van der Waals surface area contributed by atoms with Gasteiger partial charge in [-0.15, -0.1) is 0 Å². The summed E-state index contributed by atoms with van der Waals surface area (Å²) in [7, 11) is 2.57. The number of aromatic nitrogens is 2.